The quantitative estimate of drug-likeness (QED) is 0.622. The molecule has 0 aliphatic heterocycles. The number of aryl methyl sites for hydroxylation is 2. The third kappa shape index (κ3) is 2.26. The van der Waals surface area contributed by atoms with Crippen LogP contribution >= 0.6 is 8.38 Å². The molecule has 0 saturated carbocycles. The zero-order chi connectivity index (χ0) is 8.43. The van der Waals surface area contributed by atoms with Crippen molar-refractivity contribution >= 4 is 13.7 Å². The van der Waals surface area contributed by atoms with Crippen LogP contribution in [0.15, 0.2) is 18.2 Å². The van der Waals surface area contributed by atoms with Crippen molar-refractivity contribution in [2.45, 2.75) is 13.8 Å². The van der Waals surface area contributed by atoms with Crippen molar-refractivity contribution in [2.24, 2.45) is 0 Å². The van der Waals surface area contributed by atoms with Gasteiger partial charge in [0, 0.05) is 5.30 Å². The largest absolute Gasteiger partial charge is 0.347 e. The standard InChI is InChI=1S/C8H11O2P/c1-6-3-7(2)5-8(4-6)11(9)10/h3-5,9-10H,1-2H3. The molecule has 0 amide bonds. The van der Waals surface area contributed by atoms with Gasteiger partial charge in [-0.3, -0.25) is 0 Å². The van der Waals surface area contributed by atoms with Crippen LogP contribution in [-0.2, 0) is 0 Å². The van der Waals surface area contributed by atoms with E-state index in [1.54, 1.807) is 12.1 Å². The summed E-state index contributed by atoms with van der Waals surface area (Å²) < 4.78 is 0. The topological polar surface area (TPSA) is 40.5 Å². The van der Waals surface area contributed by atoms with Crippen LogP contribution in [0.5, 0.6) is 0 Å². The highest BCUT2D eigenvalue weighted by Crippen LogP contribution is 2.22. The Balaban J connectivity index is 3.08. The molecule has 1 aromatic rings. The van der Waals surface area contributed by atoms with E-state index >= 15 is 0 Å². The molecular formula is C8H11O2P. The van der Waals surface area contributed by atoms with Crippen LogP contribution in [0, 0.1) is 13.8 Å². The Morgan fingerprint density at radius 1 is 1.00 bits per heavy atom. The fraction of sp³-hybridized carbons (Fsp3) is 0.250. The summed E-state index contributed by atoms with van der Waals surface area (Å²) in [6.07, 6.45) is 0. The van der Waals surface area contributed by atoms with E-state index in [1.807, 2.05) is 19.9 Å². The van der Waals surface area contributed by atoms with Gasteiger partial charge in [-0.15, -0.1) is 0 Å². The Kier molecular flexibility index (Phi) is 2.61. The molecule has 0 atom stereocenters. The molecule has 0 saturated heterocycles. The molecule has 0 unspecified atom stereocenters. The van der Waals surface area contributed by atoms with Crippen molar-refractivity contribution in [3.8, 4) is 0 Å². The van der Waals surface area contributed by atoms with Gasteiger partial charge < -0.3 is 9.79 Å². The summed E-state index contributed by atoms with van der Waals surface area (Å²) in [6.45, 7) is 3.88. The SMILES string of the molecule is Cc1cc(C)cc(P(O)O)c1. The average molecular weight is 170 g/mol. The zero-order valence-corrected chi connectivity index (χ0v) is 7.47. The lowest BCUT2D eigenvalue weighted by Crippen LogP contribution is -2.00. The van der Waals surface area contributed by atoms with Crippen molar-refractivity contribution in [3.05, 3.63) is 29.3 Å². The van der Waals surface area contributed by atoms with Gasteiger partial charge in [0.05, 0.1) is 0 Å². The first kappa shape index (κ1) is 8.66. The fourth-order valence-electron chi connectivity index (χ4n) is 1.07. The molecule has 1 aromatic carbocycles. The van der Waals surface area contributed by atoms with Crippen molar-refractivity contribution in [1.82, 2.24) is 0 Å². The Bertz CT molecular complexity index is 238. The van der Waals surface area contributed by atoms with Crippen LogP contribution in [0.3, 0.4) is 0 Å². The van der Waals surface area contributed by atoms with E-state index in [4.69, 9.17) is 9.79 Å². The van der Waals surface area contributed by atoms with E-state index in [0.717, 1.165) is 11.1 Å². The van der Waals surface area contributed by atoms with E-state index in [-0.39, 0.29) is 0 Å². The van der Waals surface area contributed by atoms with Gasteiger partial charge in [0.1, 0.15) is 0 Å². The summed E-state index contributed by atoms with van der Waals surface area (Å²) in [7, 11) is -1.93. The molecule has 11 heavy (non-hydrogen) atoms. The molecule has 0 aliphatic rings. The molecule has 0 bridgehead atoms. The molecular weight excluding hydrogens is 159 g/mol. The van der Waals surface area contributed by atoms with Crippen LogP contribution in [0.2, 0.25) is 0 Å². The van der Waals surface area contributed by atoms with E-state index in [1.165, 1.54) is 0 Å². The monoisotopic (exact) mass is 170 g/mol. The molecule has 0 heterocycles. The normalized spacial score (nSPS) is 10.6. The van der Waals surface area contributed by atoms with Crippen molar-refractivity contribution in [3.63, 3.8) is 0 Å². The van der Waals surface area contributed by atoms with Gasteiger partial charge in [-0.25, -0.2) is 0 Å². The lowest BCUT2D eigenvalue weighted by Gasteiger charge is -2.04. The van der Waals surface area contributed by atoms with Gasteiger partial charge in [0.25, 0.3) is 0 Å². The van der Waals surface area contributed by atoms with Gasteiger partial charge in [-0.2, -0.15) is 0 Å². The number of hydrogen-bond donors (Lipinski definition) is 2. The van der Waals surface area contributed by atoms with Crippen molar-refractivity contribution in [2.75, 3.05) is 0 Å². The fourth-order valence-corrected chi connectivity index (χ4v) is 1.70. The first-order chi connectivity index (χ1) is 5.09. The van der Waals surface area contributed by atoms with Crippen LogP contribution in [0.1, 0.15) is 11.1 Å². The van der Waals surface area contributed by atoms with Crippen LogP contribution in [0.25, 0.3) is 0 Å². The predicted octanol–water partition coefficient (Wildman–Crippen LogP) is 1.23. The highest BCUT2D eigenvalue weighted by Gasteiger charge is 2.03. The Hall–Kier alpha value is -0.430. The van der Waals surface area contributed by atoms with Crippen LogP contribution in [0.4, 0.5) is 0 Å². The molecule has 0 aromatic heterocycles. The lowest BCUT2D eigenvalue weighted by atomic mass is 10.2. The summed E-state index contributed by atoms with van der Waals surface area (Å²) >= 11 is 0. The Morgan fingerprint density at radius 3 is 1.82 bits per heavy atom. The van der Waals surface area contributed by atoms with Crippen molar-refractivity contribution < 1.29 is 9.79 Å². The summed E-state index contributed by atoms with van der Waals surface area (Å²) in [6, 6.07) is 5.58. The second-order valence-electron chi connectivity index (χ2n) is 2.64. The molecule has 0 aliphatic carbocycles. The third-order valence-electron chi connectivity index (χ3n) is 1.44. The Morgan fingerprint density at radius 2 is 1.45 bits per heavy atom. The highest BCUT2D eigenvalue weighted by molar-refractivity contribution is 7.54. The molecule has 1 rings (SSSR count). The molecule has 3 heteroatoms. The maximum atomic E-state index is 8.89. The van der Waals surface area contributed by atoms with Gasteiger partial charge >= 0.3 is 0 Å². The van der Waals surface area contributed by atoms with E-state index < -0.39 is 8.38 Å². The summed E-state index contributed by atoms with van der Waals surface area (Å²) in [5, 5.41) is 0.623. The summed E-state index contributed by atoms with van der Waals surface area (Å²) in [4.78, 5) is 17.8. The van der Waals surface area contributed by atoms with Gasteiger partial charge in [-0.1, -0.05) is 17.2 Å². The maximum absolute atomic E-state index is 8.89. The summed E-state index contributed by atoms with van der Waals surface area (Å²) in [5.74, 6) is 0. The van der Waals surface area contributed by atoms with Crippen molar-refractivity contribution in [1.29, 1.82) is 0 Å². The predicted molar refractivity (Wildman–Crippen MR) is 46.9 cm³/mol. The molecule has 2 N–H and O–H groups in total. The molecule has 0 fully saturated rings. The molecule has 60 valence electrons. The highest BCUT2D eigenvalue weighted by atomic mass is 31.2. The van der Waals surface area contributed by atoms with Crippen LogP contribution in [-0.4, -0.2) is 9.79 Å². The van der Waals surface area contributed by atoms with Gasteiger partial charge in [0.15, 0.2) is 8.38 Å². The average Bonchev–Trinajstić information content (AvgIpc) is 1.85. The minimum atomic E-state index is -1.93. The smallest absolute Gasteiger partial charge is 0.199 e. The molecule has 0 radical (unpaired) electrons. The maximum Gasteiger partial charge on any atom is 0.199 e. The minimum absolute atomic E-state index is 0.623. The van der Waals surface area contributed by atoms with E-state index in [2.05, 4.69) is 0 Å². The number of benzene rings is 1. The van der Waals surface area contributed by atoms with Gasteiger partial charge in [0.2, 0.25) is 0 Å². The number of hydrogen-bond acceptors (Lipinski definition) is 2. The van der Waals surface area contributed by atoms with Crippen LogP contribution < -0.4 is 5.30 Å². The molecule has 0 spiro atoms. The van der Waals surface area contributed by atoms with E-state index in [0.29, 0.717) is 5.30 Å². The zero-order valence-electron chi connectivity index (χ0n) is 6.57. The lowest BCUT2D eigenvalue weighted by molar-refractivity contribution is 0.497. The first-order valence-electron chi connectivity index (χ1n) is 3.36. The summed E-state index contributed by atoms with van der Waals surface area (Å²) in [5.41, 5.74) is 2.13. The second-order valence-corrected chi connectivity index (χ2v) is 3.73. The van der Waals surface area contributed by atoms with Gasteiger partial charge in [-0.05, 0) is 26.0 Å². The number of rotatable bonds is 1. The minimum Gasteiger partial charge on any atom is -0.347 e. The molecule has 2 nitrogen and oxygen atoms in total. The Labute approximate surface area is 67.4 Å². The first-order valence-corrected chi connectivity index (χ1v) is 4.60. The second kappa shape index (κ2) is 3.31. The third-order valence-corrected chi connectivity index (χ3v) is 2.16. The van der Waals surface area contributed by atoms with E-state index in [9.17, 15) is 0 Å².